The van der Waals surface area contributed by atoms with E-state index in [1.165, 1.54) is 50.5 Å². The Kier molecular flexibility index (Phi) is 23.5. The molecule has 9 aromatic rings. The first-order chi connectivity index (χ1) is 46.0. The molecule has 506 valence electrons. The Balaban J connectivity index is 0.000000172. The molecule has 0 fully saturated rings. The van der Waals surface area contributed by atoms with Gasteiger partial charge in [-0.3, -0.25) is 47.7 Å². The fourth-order valence-electron chi connectivity index (χ4n) is 11.8. The van der Waals surface area contributed by atoms with E-state index in [4.69, 9.17) is 40.5 Å². The average Bonchev–Trinajstić information content (AvgIpc) is 1.86. The largest absolute Gasteiger partial charge is 0.469 e. The summed E-state index contributed by atoms with van der Waals surface area (Å²) in [5.74, 6) is -4.03. The van der Waals surface area contributed by atoms with Gasteiger partial charge in [-0.15, -0.1) is 12.4 Å². The maximum absolute atomic E-state index is 15.2. The molecule has 6 heterocycles. The first-order valence-electron chi connectivity index (χ1n) is 30.3. The Hall–Kier alpha value is -9.36. The summed E-state index contributed by atoms with van der Waals surface area (Å²) < 4.78 is 63.4. The van der Waals surface area contributed by atoms with Crippen LogP contribution in [-0.4, -0.2) is 104 Å². The molecule has 0 atom stereocenters. The second-order valence-electron chi connectivity index (χ2n) is 23.1. The lowest BCUT2D eigenvalue weighted by Gasteiger charge is -2.24. The summed E-state index contributed by atoms with van der Waals surface area (Å²) in [5.41, 5.74) is 18.0. The molecule has 0 saturated carbocycles. The summed E-state index contributed by atoms with van der Waals surface area (Å²) in [6.07, 6.45) is 8.09. The Labute approximate surface area is 578 Å². The van der Waals surface area contributed by atoms with Crippen LogP contribution in [0.2, 0.25) is 15.1 Å². The lowest BCUT2D eigenvalue weighted by molar-refractivity contribution is -0.146. The predicted molar refractivity (Wildman–Crippen MR) is 363 cm³/mol. The summed E-state index contributed by atoms with van der Waals surface area (Å²) in [4.78, 5) is 81.4. The van der Waals surface area contributed by atoms with E-state index in [0.717, 1.165) is 67.9 Å². The number of carbonyl (C=O) groups excluding carboxylic acids is 6. The van der Waals surface area contributed by atoms with Crippen molar-refractivity contribution in [2.24, 2.45) is 26.9 Å². The molecule has 20 nitrogen and oxygen atoms in total. The summed E-state index contributed by atoms with van der Waals surface area (Å²) in [7, 11) is 9.37. The van der Waals surface area contributed by atoms with Crippen LogP contribution in [0, 0.1) is 17.5 Å². The second-order valence-corrected chi connectivity index (χ2v) is 24.4. The van der Waals surface area contributed by atoms with Gasteiger partial charge < -0.3 is 34.6 Å². The number of halogens is 7. The minimum atomic E-state index is -0.640. The Bertz CT molecular complexity index is 4470. The minimum Gasteiger partial charge on any atom is -0.469 e. The topological polar surface area (TPSA) is 223 Å². The van der Waals surface area contributed by atoms with Crippen molar-refractivity contribution in [3.8, 4) is 0 Å². The van der Waals surface area contributed by atoms with Crippen LogP contribution < -0.4 is 20.4 Å². The van der Waals surface area contributed by atoms with Crippen molar-refractivity contribution in [2.45, 2.75) is 71.2 Å². The number of ether oxygens (including phenoxy) is 3. The van der Waals surface area contributed by atoms with Gasteiger partial charge in [-0.1, -0.05) is 53.0 Å². The summed E-state index contributed by atoms with van der Waals surface area (Å²) in [6.45, 7) is 0.527. The number of esters is 3. The van der Waals surface area contributed by atoms with Crippen molar-refractivity contribution in [1.29, 1.82) is 0 Å². The van der Waals surface area contributed by atoms with Crippen molar-refractivity contribution in [2.75, 3.05) is 49.1 Å². The van der Waals surface area contributed by atoms with E-state index in [1.54, 1.807) is 91.2 Å². The first kappa shape index (κ1) is 71.9. The van der Waals surface area contributed by atoms with Crippen LogP contribution >= 0.6 is 47.2 Å². The zero-order chi connectivity index (χ0) is 68.6. The number of carbonyl (C=O) groups is 6. The molecule has 0 radical (unpaired) electrons. The van der Waals surface area contributed by atoms with E-state index in [-0.39, 0.29) is 97.5 Å². The van der Waals surface area contributed by atoms with Gasteiger partial charge in [0.05, 0.1) is 72.6 Å². The smallest absolute Gasteiger partial charge is 0.319 e. The zero-order valence-corrected chi connectivity index (χ0v) is 56.8. The molecule has 97 heavy (non-hydrogen) atoms. The van der Waals surface area contributed by atoms with Crippen LogP contribution in [0.15, 0.2) is 128 Å². The highest BCUT2D eigenvalue weighted by atomic mass is 35.5. The monoisotopic (exact) mass is 1400 g/mol. The van der Waals surface area contributed by atoms with Gasteiger partial charge in [0.1, 0.15) is 17.5 Å². The van der Waals surface area contributed by atoms with Crippen LogP contribution in [0.1, 0.15) is 111 Å². The average molecular weight is 1410 g/mol. The lowest BCUT2D eigenvalue weighted by Crippen LogP contribution is -2.35. The molecular weight excluding hydrogens is 1340 g/mol. The van der Waals surface area contributed by atoms with Crippen LogP contribution in [-0.2, 0) is 108 Å². The van der Waals surface area contributed by atoms with E-state index >= 15 is 4.39 Å². The molecule has 2 N–H and O–H groups in total. The molecule has 3 amide bonds. The van der Waals surface area contributed by atoms with Crippen molar-refractivity contribution in [1.82, 2.24) is 34.2 Å². The van der Waals surface area contributed by atoms with Gasteiger partial charge in [0.25, 0.3) is 17.7 Å². The number of nitrogens with two attached hydrogens (primary N) is 1. The number of hydrogen-bond donors (Lipinski definition) is 1. The molecule has 12 rings (SSSR count). The van der Waals surface area contributed by atoms with E-state index < -0.39 is 29.4 Å². The Morgan fingerprint density at radius 3 is 1.14 bits per heavy atom. The van der Waals surface area contributed by atoms with Crippen LogP contribution in [0.4, 0.5) is 30.2 Å². The van der Waals surface area contributed by atoms with Gasteiger partial charge in [0, 0.05) is 154 Å². The molecule has 3 aliphatic rings. The predicted octanol–water partition coefficient (Wildman–Crippen LogP) is 11.4. The number of nitrogens with zero attached hydrogens (tertiary/aromatic N) is 10. The number of methoxy groups -OCH3 is 3. The van der Waals surface area contributed by atoms with E-state index in [0.29, 0.717) is 77.1 Å². The highest BCUT2D eigenvalue weighted by Crippen LogP contribution is 2.37. The number of anilines is 3. The number of aromatic nitrogens is 6. The number of hydrogen-bond acceptors (Lipinski definition) is 14. The third-order valence-electron chi connectivity index (χ3n) is 17.0. The SMILES string of the molecule is COC(=O)CCCc1ccc(C(=O)N2Cc3cnn(C)c3Cc3cc(Cl)ccc32)cc1F.COC(=O)CN(CC(=O)OC)Cc1ccc(C(=O)N2Cc3cnn(C)c3Cc3cc(Cl)ccc32)cc1F.Cl.Cn1ncc2c1Cc1cc(Cl)ccc1N(C(=O)c1ccc(CN)c(F)c1)C2. The lowest BCUT2D eigenvalue weighted by atomic mass is 10.0. The van der Waals surface area contributed by atoms with Gasteiger partial charge >= 0.3 is 17.9 Å². The summed E-state index contributed by atoms with van der Waals surface area (Å²) in [6, 6.07) is 29.3. The highest BCUT2D eigenvalue weighted by molar-refractivity contribution is 6.31. The van der Waals surface area contributed by atoms with Gasteiger partial charge in [-0.25, -0.2) is 13.2 Å². The third-order valence-corrected chi connectivity index (χ3v) is 17.7. The Morgan fingerprint density at radius 2 is 0.814 bits per heavy atom. The van der Waals surface area contributed by atoms with E-state index in [1.807, 2.05) is 56.2 Å². The molecule has 27 heteroatoms. The molecule has 0 saturated heterocycles. The number of fused-ring (bicyclic) bond motifs is 6. The summed E-state index contributed by atoms with van der Waals surface area (Å²) >= 11 is 18.6. The van der Waals surface area contributed by atoms with Crippen LogP contribution in [0.25, 0.3) is 0 Å². The number of aryl methyl sites for hydroxylation is 4. The van der Waals surface area contributed by atoms with Crippen molar-refractivity contribution in [3.63, 3.8) is 0 Å². The molecule has 3 aliphatic heterocycles. The van der Waals surface area contributed by atoms with Gasteiger partial charge in [-0.2, -0.15) is 15.3 Å². The number of rotatable bonds is 14. The molecule has 6 aromatic carbocycles. The first-order valence-corrected chi connectivity index (χ1v) is 31.5. The standard InChI is InChI=1S/C26H26ClFN4O5.C24H23ClFN3O3.C20H18ClFN4O.ClH/c1-30-23-10-18-8-20(27)6-7-22(18)32(13-19(23)11-29-30)26(35)16-4-5-17(21(28)9-16)12-31(14-24(33)36-2)15-25(34)37-3;1-28-22-12-17-10-19(25)8-9-21(17)29(14-18(22)13-27-28)24(31)16-7-6-15(20(26)11-16)4-3-5-23(30)32-2;1-25-19-8-14-6-16(21)4-5-18(14)26(11-15(19)10-24-25)20(27)12-2-3-13(9-23)17(22)7-12;/h4-9,11H,10,12-15H2,1-3H3;6-11,13H,3-5,12,14H2,1-2H3;2-7,10H,8-9,11,23H2,1H3;1H. The maximum Gasteiger partial charge on any atom is 0.319 e. The number of amides is 3. The van der Waals surface area contributed by atoms with Crippen LogP contribution in [0.3, 0.4) is 0 Å². The quantitative estimate of drug-likeness (QED) is 0.0790. The molecule has 0 bridgehead atoms. The molecular formula is C70H68Cl4F3N11O9. The number of benzene rings is 6. The van der Waals surface area contributed by atoms with E-state index in [9.17, 15) is 37.5 Å². The molecule has 0 unspecified atom stereocenters. The van der Waals surface area contributed by atoms with E-state index in [2.05, 4.69) is 29.5 Å². The molecule has 3 aromatic heterocycles. The third kappa shape index (κ3) is 16.6. The maximum atomic E-state index is 15.2. The second kappa shape index (κ2) is 31.7. The highest BCUT2D eigenvalue weighted by Gasteiger charge is 2.32. The Morgan fingerprint density at radius 1 is 0.474 bits per heavy atom. The molecule has 0 spiro atoms. The molecule has 0 aliphatic carbocycles. The fraction of sp³-hybridized carbons (Fsp3) is 0.271. The summed E-state index contributed by atoms with van der Waals surface area (Å²) in [5, 5.41) is 14.7. The van der Waals surface area contributed by atoms with Gasteiger partial charge in [-0.05, 0) is 126 Å². The van der Waals surface area contributed by atoms with Crippen LogP contribution in [0.5, 0.6) is 0 Å². The van der Waals surface area contributed by atoms with Gasteiger partial charge in [0.2, 0.25) is 0 Å². The van der Waals surface area contributed by atoms with Crippen molar-refractivity contribution >= 4 is 99.9 Å². The fourth-order valence-corrected chi connectivity index (χ4v) is 12.4. The normalized spacial score (nSPS) is 12.6. The zero-order valence-electron chi connectivity index (χ0n) is 53.7. The van der Waals surface area contributed by atoms with Gasteiger partial charge in [0.15, 0.2) is 0 Å². The minimum absolute atomic E-state index is 0. The van der Waals surface area contributed by atoms with Crippen molar-refractivity contribution < 1.29 is 56.1 Å². The van der Waals surface area contributed by atoms with Crippen molar-refractivity contribution in [3.05, 3.63) is 244 Å².